The first-order valence-electron chi connectivity index (χ1n) is 11.2. The lowest BCUT2D eigenvalue weighted by atomic mass is 9.96. The number of piperidine rings is 1. The molecule has 7 nitrogen and oxygen atoms in total. The summed E-state index contributed by atoms with van der Waals surface area (Å²) < 4.78 is 45.3. The number of hydrogen-bond donors (Lipinski definition) is 0. The van der Waals surface area contributed by atoms with Crippen LogP contribution in [0.15, 0.2) is 35.3 Å². The zero-order valence-electron chi connectivity index (χ0n) is 19.4. The van der Waals surface area contributed by atoms with Gasteiger partial charge in [0, 0.05) is 51.3 Å². The van der Waals surface area contributed by atoms with Gasteiger partial charge in [-0.25, -0.2) is 4.98 Å². The van der Waals surface area contributed by atoms with E-state index >= 15 is 0 Å². The molecule has 1 saturated heterocycles. The van der Waals surface area contributed by atoms with E-state index in [0.717, 1.165) is 11.1 Å². The topological polar surface area (TPSA) is 69.4 Å². The molecular weight excluding hydrogens is 449 g/mol. The maximum atomic E-state index is 12.7. The molecule has 182 valence electrons. The third kappa shape index (κ3) is 5.01. The maximum absolute atomic E-state index is 12.7. The first-order chi connectivity index (χ1) is 16.0. The predicted molar refractivity (Wildman–Crippen MR) is 121 cm³/mol. The lowest BCUT2D eigenvalue weighted by molar-refractivity contribution is -0.325. The van der Waals surface area contributed by atoms with Crippen molar-refractivity contribution in [3.05, 3.63) is 52.2 Å². The molecule has 34 heavy (non-hydrogen) atoms. The van der Waals surface area contributed by atoms with E-state index in [2.05, 4.69) is 4.74 Å². The van der Waals surface area contributed by atoms with Crippen LogP contribution in [0, 0.1) is 6.92 Å². The minimum absolute atomic E-state index is 0.00593. The number of pyridine rings is 1. The number of imidazole rings is 1. The molecule has 0 bridgehead atoms. The minimum Gasteiger partial charge on any atom is -0.343 e. The summed E-state index contributed by atoms with van der Waals surface area (Å²) in [6.07, 6.45) is -1.59. The van der Waals surface area contributed by atoms with Crippen molar-refractivity contribution in [2.45, 2.75) is 45.5 Å². The van der Waals surface area contributed by atoms with E-state index in [0.29, 0.717) is 48.4 Å². The standard InChI is InChI=1S/C24H27F3N4O3/c1-15-12-19(14-29(3)23(15)33)18-4-5-20-21(13-18)31(10-11-34-24(25,26)27)22(28-20)17-6-8-30(9-7-17)16(2)32/h4-5,12-14,17H,6-11H2,1-3H3. The highest BCUT2D eigenvalue weighted by atomic mass is 19.4. The van der Waals surface area contributed by atoms with Crippen LogP contribution in [0.2, 0.25) is 0 Å². The average Bonchev–Trinajstić information content (AvgIpc) is 3.14. The summed E-state index contributed by atoms with van der Waals surface area (Å²) >= 11 is 0. The number of halogens is 3. The molecule has 0 saturated carbocycles. The van der Waals surface area contributed by atoms with Crippen LogP contribution >= 0.6 is 0 Å². The Balaban J connectivity index is 1.73. The number of amides is 1. The normalized spacial score (nSPS) is 15.3. The molecule has 10 heteroatoms. The minimum atomic E-state index is -4.71. The van der Waals surface area contributed by atoms with Crippen LogP contribution in [0.5, 0.6) is 0 Å². The molecule has 1 aliphatic rings. The number of hydrogen-bond acceptors (Lipinski definition) is 4. The molecule has 1 aliphatic heterocycles. The highest BCUT2D eigenvalue weighted by Gasteiger charge is 2.30. The molecule has 0 spiro atoms. The van der Waals surface area contributed by atoms with Gasteiger partial charge in [0.05, 0.1) is 17.6 Å². The quantitative estimate of drug-likeness (QED) is 0.559. The van der Waals surface area contributed by atoms with Gasteiger partial charge in [-0.15, -0.1) is 13.2 Å². The second kappa shape index (κ2) is 9.25. The van der Waals surface area contributed by atoms with Crippen molar-refractivity contribution in [2.75, 3.05) is 19.7 Å². The van der Waals surface area contributed by atoms with E-state index < -0.39 is 13.0 Å². The monoisotopic (exact) mass is 476 g/mol. The Morgan fingerprint density at radius 2 is 1.88 bits per heavy atom. The highest BCUT2D eigenvalue weighted by Crippen LogP contribution is 2.32. The number of fused-ring (bicyclic) bond motifs is 1. The van der Waals surface area contributed by atoms with Crippen molar-refractivity contribution in [3.63, 3.8) is 0 Å². The van der Waals surface area contributed by atoms with Crippen molar-refractivity contribution in [1.82, 2.24) is 19.0 Å². The molecule has 1 amide bonds. The van der Waals surface area contributed by atoms with Gasteiger partial charge >= 0.3 is 6.36 Å². The van der Waals surface area contributed by atoms with Crippen molar-refractivity contribution in [2.24, 2.45) is 7.05 Å². The number of aromatic nitrogens is 3. The first-order valence-corrected chi connectivity index (χ1v) is 11.2. The third-order valence-electron chi connectivity index (χ3n) is 6.36. The van der Waals surface area contributed by atoms with Crippen molar-refractivity contribution in [1.29, 1.82) is 0 Å². The number of rotatable bonds is 5. The second-order valence-corrected chi connectivity index (χ2v) is 8.73. The average molecular weight is 476 g/mol. The molecule has 4 rings (SSSR count). The van der Waals surface area contributed by atoms with Crippen LogP contribution in [0.3, 0.4) is 0 Å². The van der Waals surface area contributed by atoms with Crippen LogP contribution in [0.1, 0.15) is 37.1 Å². The summed E-state index contributed by atoms with van der Waals surface area (Å²) in [4.78, 5) is 30.3. The van der Waals surface area contributed by atoms with Crippen molar-refractivity contribution in [3.8, 4) is 11.1 Å². The summed E-state index contributed by atoms with van der Waals surface area (Å²) in [6.45, 7) is 3.92. The molecule has 0 radical (unpaired) electrons. The Hall–Kier alpha value is -3.14. The fourth-order valence-corrected chi connectivity index (χ4v) is 4.61. The molecule has 0 atom stereocenters. The van der Waals surface area contributed by atoms with Gasteiger partial charge in [-0.05, 0) is 49.1 Å². The predicted octanol–water partition coefficient (Wildman–Crippen LogP) is 3.97. The number of ether oxygens (including phenoxy) is 1. The summed E-state index contributed by atoms with van der Waals surface area (Å²) in [5.41, 5.74) is 3.57. The van der Waals surface area contributed by atoms with Gasteiger partial charge < -0.3 is 14.0 Å². The van der Waals surface area contributed by atoms with Crippen molar-refractivity contribution >= 4 is 16.9 Å². The van der Waals surface area contributed by atoms with E-state index in [-0.39, 0.29) is 23.9 Å². The zero-order valence-corrected chi connectivity index (χ0v) is 19.4. The van der Waals surface area contributed by atoms with E-state index in [1.807, 2.05) is 18.2 Å². The molecule has 0 unspecified atom stereocenters. The van der Waals surface area contributed by atoms with Crippen LogP contribution in [-0.4, -0.2) is 51.0 Å². The molecule has 2 aromatic heterocycles. The molecule has 1 fully saturated rings. The van der Waals surface area contributed by atoms with Gasteiger partial charge in [0.1, 0.15) is 5.82 Å². The molecule has 3 heterocycles. The van der Waals surface area contributed by atoms with Crippen LogP contribution in [0.25, 0.3) is 22.2 Å². The van der Waals surface area contributed by atoms with E-state index in [4.69, 9.17) is 4.98 Å². The van der Waals surface area contributed by atoms with Gasteiger partial charge in [-0.1, -0.05) is 6.07 Å². The van der Waals surface area contributed by atoms with Gasteiger partial charge in [-0.3, -0.25) is 14.3 Å². The third-order valence-corrected chi connectivity index (χ3v) is 6.36. The Bertz CT molecular complexity index is 1240. The van der Waals surface area contributed by atoms with E-state index in [1.165, 1.54) is 11.5 Å². The first kappa shape index (κ1) is 24.0. The second-order valence-electron chi connectivity index (χ2n) is 8.73. The molecular formula is C24H27F3N4O3. The zero-order chi connectivity index (χ0) is 24.6. The summed E-state index contributed by atoms with van der Waals surface area (Å²) in [7, 11) is 1.68. The smallest absolute Gasteiger partial charge is 0.343 e. The summed E-state index contributed by atoms with van der Waals surface area (Å²) in [6, 6.07) is 7.44. The summed E-state index contributed by atoms with van der Waals surface area (Å²) in [5.74, 6) is 0.748. The molecule has 3 aromatic rings. The van der Waals surface area contributed by atoms with Gasteiger partial charge in [0.25, 0.3) is 5.56 Å². The number of alkyl halides is 3. The summed E-state index contributed by atoms with van der Waals surface area (Å²) in [5, 5.41) is 0. The number of benzene rings is 1. The Morgan fingerprint density at radius 3 is 2.50 bits per heavy atom. The fourth-order valence-electron chi connectivity index (χ4n) is 4.61. The fraction of sp³-hybridized carbons (Fsp3) is 0.458. The van der Waals surface area contributed by atoms with E-state index in [1.54, 1.807) is 35.7 Å². The van der Waals surface area contributed by atoms with Crippen LogP contribution in [-0.2, 0) is 23.1 Å². The lowest BCUT2D eigenvalue weighted by Crippen LogP contribution is -2.37. The largest absolute Gasteiger partial charge is 0.522 e. The van der Waals surface area contributed by atoms with Crippen LogP contribution in [0.4, 0.5) is 13.2 Å². The number of likely N-dealkylation sites (tertiary alicyclic amines) is 1. The number of aryl methyl sites for hydroxylation is 2. The maximum Gasteiger partial charge on any atom is 0.522 e. The number of carbonyl (C=O) groups is 1. The molecule has 0 N–H and O–H groups in total. The lowest BCUT2D eigenvalue weighted by Gasteiger charge is -2.31. The SMILES string of the molecule is CC(=O)N1CCC(c2nc3ccc(-c4cc(C)c(=O)n(C)c4)cc3n2CCOC(F)(F)F)CC1. The number of carbonyl (C=O) groups excluding carboxylic acids is 1. The molecule has 1 aromatic carbocycles. The highest BCUT2D eigenvalue weighted by molar-refractivity contribution is 5.83. The Labute approximate surface area is 194 Å². The Morgan fingerprint density at radius 1 is 1.18 bits per heavy atom. The van der Waals surface area contributed by atoms with Gasteiger partial charge in [0.2, 0.25) is 5.91 Å². The number of nitrogens with zero attached hydrogens (tertiary/aromatic N) is 4. The molecule has 0 aliphatic carbocycles. The van der Waals surface area contributed by atoms with Gasteiger partial charge in [-0.2, -0.15) is 0 Å². The van der Waals surface area contributed by atoms with Crippen molar-refractivity contribution < 1.29 is 22.7 Å². The van der Waals surface area contributed by atoms with Gasteiger partial charge in [0.15, 0.2) is 0 Å². The van der Waals surface area contributed by atoms with E-state index in [9.17, 15) is 22.8 Å². The van der Waals surface area contributed by atoms with Crippen LogP contribution < -0.4 is 5.56 Å². The Kier molecular flexibility index (Phi) is 6.53.